The van der Waals surface area contributed by atoms with E-state index in [-0.39, 0.29) is 24.6 Å². The number of morpholine rings is 1. The molecule has 0 aliphatic carbocycles. The molecule has 16 heavy (non-hydrogen) atoms. The Morgan fingerprint density at radius 3 is 2.50 bits per heavy atom. The average molecular weight is 252 g/mol. The Morgan fingerprint density at radius 1 is 1.31 bits per heavy atom. The molecule has 0 saturated carbocycles. The second kappa shape index (κ2) is 8.50. The quantitative estimate of drug-likeness (QED) is 0.518. The normalized spacial score (nSPS) is 16.3. The first-order valence-corrected chi connectivity index (χ1v) is 5.19. The van der Waals surface area contributed by atoms with E-state index in [4.69, 9.17) is 9.47 Å². The summed E-state index contributed by atoms with van der Waals surface area (Å²) in [6.45, 7) is 5.21. The number of rotatable bonds is 5. The zero-order chi connectivity index (χ0) is 11.1. The van der Waals surface area contributed by atoms with Gasteiger partial charge in [-0.25, -0.2) is 0 Å². The summed E-state index contributed by atoms with van der Waals surface area (Å²) in [7, 11) is 0. The Kier molecular flexibility index (Phi) is 8.15. The predicted molar refractivity (Wildman–Crippen MR) is 60.8 cm³/mol. The average Bonchev–Trinajstić information content (AvgIpc) is 2.19. The molecule has 0 amide bonds. The molecule has 5 nitrogen and oxygen atoms in total. The molecule has 1 saturated heterocycles. The van der Waals surface area contributed by atoms with Gasteiger partial charge in [-0.05, 0) is 6.92 Å². The van der Waals surface area contributed by atoms with Crippen molar-refractivity contribution in [3.63, 3.8) is 0 Å². The Labute approximate surface area is 101 Å². The summed E-state index contributed by atoms with van der Waals surface area (Å²) in [5.41, 5.74) is 0. The Bertz CT molecular complexity index is 229. The molecule has 0 unspecified atom stereocenters. The van der Waals surface area contributed by atoms with Crippen LogP contribution < -0.4 is 0 Å². The number of esters is 1. The van der Waals surface area contributed by atoms with E-state index in [0.717, 1.165) is 13.1 Å². The summed E-state index contributed by atoms with van der Waals surface area (Å²) in [5.74, 6) is -0.522. The van der Waals surface area contributed by atoms with Gasteiger partial charge >= 0.3 is 5.97 Å². The van der Waals surface area contributed by atoms with Gasteiger partial charge in [-0.2, -0.15) is 0 Å². The predicted octanol–water partition coefficient (Wildman–Crippen LogP) is 0.263. The largest absolute Gasteiger partial charge is 0.466 e. The number of hydrogen-bond donors (Lipinski definition) is 0. The molecule has 6 heteroatoms. The number of carbonyl (C=O) groups is 2. The molecular weight excluding hydrogens is 234 g/mol. The smallest absolute Gasteiger partial charge is 0.313 e. The van der Waals surface area contributed by atoms with Crippen LogP contribution in [0.3, 0.4) is 0 Å². The summed E-state index contributed by atoms with van der Waals surface area (Å²) in [4.78, 5) is 24.4. The highest BCUT2D eigenvalue weighted by molar-refractivity contribution is 5.96. The lowest BCUT2D eigenvalue weighted by Crippen LogP contribution is -2.40. The minimum absolute atomic E-state index is 0. The van der Waals surface area contributed by atoms with Gasteiger partial charge in [0.25, 0.3) is 0 Å². The van der Waals surface area contributed by atoms with Gasteiger partial charge in [0.2, 0.25) is 0 Å². The maximum absolute atomic E-state index is 11.4. The SMILES string of the molecule is CCOC(=O)CC(=O)CN1CCOCC1.Cl. The van der Waals surface area contributed by atoms with Crippen molar-refractivity contribution in [3.8, 4) is 0 Å². The number of halogens is 1. The number of hydrogen-bond acceptors (Lipinski definition) is 5. The lowest BCUT2D eigenvalue weighted by molar-refractivity contribution is -0.145. The van der Waals surface area contributed by atoms with Crippen LogP contribution in [0.1, 0.15) is 13.3 Å². The van der Waals surface area contributed by atoms with E-state index < -0.39 is 5.97 Å². The zero-order valence-corrected chi connectivity index (χ0v) is 10.3. The van der Waals surface area contributed by atoms with E-state index in [1.54, 1.807) is 6.92 Å². The highest BCUT2D eigenvalue weighted by atomic mass is 35.5. The van der Waals surface area contributed by atoms with E-state index in [9.17, 15) is 9.59 Å². The maximum Gasteiger partial charge on any atom is 0.313 e. The van der Waals surface area contributed by atoms with Crippen LogP contribution in [0.4, 0.5) is 0 Å². The maximum atomic E-state index is 11.4. The van der Waals surface area contributed by atoms with Crippen molar-refractivity contribution < 1.29 is 19.1 Å². The van der Waals surface area contributed by atoms with Gasteiger partial charge in [-0.15, -0.1) is 12.4 Å². The molecule has 1 aliphatic heterocycles. The molecule has 0 spiro atoms. The van der Waals surface area contributed by atoms with Crippen LogP contribution in [0.5, 0.6) is 0 Å². The number of ether oxygens (including phenoxy) is 2. The van der Waals surface area contributed by atoms with Crippen LogP contribution in [-0.2, 0) is 19.1 Å². The van der Waals surface area contributed by atoms with Crippen molar-refractivity contribution >= 4 is 24.2 Å². The molecule has 0 N–H and O–H groups in total. The molecule has 1 fully saturated rings. The molecule has 1 heterocycles. The topological polar surface area (TPSA) is 55.8 Å². The van der Waals surface area contributed by atoms with E-state index in [0.29, 0.717) is 26.4 Å². The molecule has 1 aliphatic rings. The van der Waals surface area contributed by atoms with Crippen LogP contribution >= 0.6 is 12.4 Å². The Morgan fingerprint density at radius 2 is 1.94 bits per heavy atom. The van der Waals surface area contributed by atoms with Crippen molar-refractivity contribution in [2.24, 2.45) is 0 Å². The van der Waals surface area contributed by atoms with Crippen molar-refractivity contribution in [1.29, 1.82) is 0 Å². The molecule has 0 bridgehead atoms. The fraction of sp³-hybridized carbons (Fsp3) is 0.800. The zero-order valence-electron chi connectivity index (χ0n) is 9.44. The summed E-state index contributed by atoms with van der Waals surface area (Å²) in [6.07, 6.45) is -0.120. The van der Waals surface area contributed by atoms with Gasteiger partial charge in [-0.1, -0.05) is 0 Å². The minimum Gasteiger partial charge on any atom is -0.466 e. The first-order chi connectivity index (χ1) is 7.22. The lowest BCUT2D eigenvalue weighted by Gasteiger charge is -2.25. The lowest BCUT2D eigenvalue weighted by atomic mass is 10.2. The van der Waals surface area contributed by atoms with Crippen molar-refractivity contribution in [2.75, 3.05) is 39.5 Å². The molecule has 0 radical (unpaired) electrons. The minimum atomic E-state index is -0.434. The fourth-order valence-corrected chi connectivity index (χ4v) is 1.44. The highest BCUT2D eigenvalue weighted by Crippen LogP contribution is 1.98. The van der Waals surface area contributed by atoms with Crippen LogP contribution in [0, 0.1) is 0 Å². The Hall–Kier alpha value is -0.650. The number of nitrogens with zero attached hydrogens (tertiary/aromatic N) is 1. The fourth-order valence-electron chi connectivity index (χ4n) is 1.44. The second-order valence-electron chi connectivity index (χ2n) is 3.41. The molecule has 0 aromatic rings. The first kappa shape index (κ1) is 15.3. The standard InChI is InChI=1S/C10H17NO4.ClH/c1-2-15-10(13)7-9(12)8-11-3-5-14-6-4-11;/h2-8H2,1H3;1H. The van der Waals surface area contributed by atoms with E-state index >= 15 is 0 Å². The summed E-state index contributed by atoms with van der Waals surface area (Å²) in [6, 6.07) is 0. The van der Waals surface area contributed by atoms with E-state index in [1.807, 2.05) is 4.90 Å². The van der Waals surface area contributed by atoms with Crippen molar-refractivity contribution in [3.05, 3.63) is 0 Å². The summed E-state index contributed by atoms with van der Waals surface area (Å²) >= 11 is 0. The van der Waals surface area contributed by atoms with Gasteiger partial charge in [0.05, 0.1) is 26.4 Å². The van der Waals surface area contributed by atoms with Gasteiger partial charge in [0, 0.05) is 13.1 Å². The van der Waals surface area contributed by atoms with Gasteiger partial charge in [0.1, 0.15) is 6.42 Å². The molecule has 1 rings (SSSR count). The van der Waals surface area contributed by atoms with Crippen LogP contribution in [-0.4, -0.2) is 56.1 Å². The number of ketones is 1. The third-order valence-electron chi connectivity index (χ3n) is 2.15. The second-order valence-corrected chi connectivity index (χ2v) is 3.41. The van der Waals surface area contributed by atoms with Crippen LogP contribution in [0.25, 0.3) is 0 Å². The summed E-state index contributed by atoms with van der Waals surface area (Å²) < 4.78 is 9.86. The molecule has 0 aromatic carbocycles. The molecular formula is C10H18ClNO4. The van der Waals surface area contributed by atoms with Crippen LogP contribution in [0.15, 0.2) is 0 Å². The molecule has 0 atom stereocenters. The van der Waals surface area contributed by atoms with E-state index in [2.05, 4.69) is 0 Å². The van der Waals surface area contributed by atoms with Gasteiger partial charge < -0.3 is 9.47 Å². The first-order valence-electron chi connectivity index (χ1n) is 5.19. The van der Waals surface area contributed by atoms with Crippen LogP contribution in [0.2, 0.25) is 0 Å². The van der Waals surface area contributed by atoms with Crippen molar-refractivity contribution in [1.82, 2.24) is 4.90 Å². The molecule has 94 valence electrons. The third kappa shape index (κ3) is 6.05. The van der Waals surface area contributed by atoms with Gasteiger partial charge in [0.15, 0.2) is 5.78 Å². The van der Waals surface area contributed by atoms with E-state index in [1.165, 1.54) is 0 Å². The van der Waals surface area contributed by atoms with Gasteiger partial charge in [-0.3, -0.25) is 14.5 Å². The Balaban J connectivity index is 0.00000225. The highest BCUT2D eigenvalue weighted by Gasteiger charge is 2.16. The third-order valence-corrected chi connectivity index (χ3v) is 2.15. The monoisotopic (exact) mass is 251 g/mol. The van der Waals surface area contributed by atoms with Crippen molar-refractivity contribution in [2.45, 2.75) is 13.3 Å². The summed E-state index contributed by atoms with van der Waals surface area (Å²) in [5, 5.41) is 0. The molecule has 0 aromatic heterocycles. The number of Topliss-reactive ketones (excluding diaryl/α,β-unsaturated/α-hetero) is 1. The number of carbonyl (C=O) groups excluding carboxylic acids is 2.